The molecule has 0 atom stereocenters. The van der Waals surface area contributed by atoms with Gasteiger partial charge in [-0.15, -0.1) is 0 Å². The first-order valence-electron chi connectivity index (χ1n) is 12.0. The van der Waals surface area contributed by atoms with E-state index in [2.05, 4.69) is 43.1 Å². The molecule has 4 N–H and O–H groups in total. The molecule has 0 fully saturated rings. The minimum atomic E-state index is -1.75. The Hall–Kier alpha value is -6.46. The normalized spacial score (nSPS) is 9.60. The minimum Gasteiger partial charge on any atom is -0.383 e. The average Bonchev–Trinajstić information content (AvgIpc) is 3.67. The number of hydrogen-bond donors (Lipinski definition) is 2. The Bertz CT molecular complexity index is 1800. The van der Waals surface area contributed by atoms with E-state index in [1.807, 2.05) is 48.5 Å². The number of fused-ring (bicyclic) bond motifs is 2. The zero-order chi connectivity index (χ0) is 32.2. The van der Waals surface area contributed by atoms with Crippen molar-refractivity contribution in [2.45, 2.75) is 0 Å². The number of benzene rings is 2. The van der Waals surface area contributed by atoms with Crippen molar-refractivity contribution in [2.75, 3.05) is 11.5 Å². The molecule has 233 valence electrons. The fraction of sp³-hybridized carbons (Fsp3) is 0. The Labute approximate surface area is 263 Å². The van der Waals surface area contributed by atoms with E-state index in [-0.39, 0.29) is 17.1 Å². The smallest absolute Gasteiger partial charge is 0.383 e. The van der Waals surface area contributed by atoms with E-state index < -0.39 is 10.2 Å². The van der Waals surface area contributed by atoms with Crippen molar-refractivity contribution >= 4 is 45.8 Å². The predicted molar refractivity (Wildman–Crippen MR) is 164 cm³/mol. The third-order valence-corrected chi connectivity index (χ3v) is 5.40. The van der Waals surface area contributed by atoms with E-state index in [0.717, 1.165) is 21.8 Å². The maximum atomic E-state index is 8.25. The van der Waals surface area contributed by atoms with Crippen LogP contribution >= 0.6 is 0 Å². The van der Waals surface area contributed by atoms with Crippen LogP contribution in [0, 0.1) is 30.6 Å². The molecule has 6 rings (SSSR count). The molecule has 0 aliphatic rings. The zero-order valence-electron chi connectivity index (χ0n) is 22.9. The van der Waals surface area contributed by atoms with Gasteiger partial charge in [-0.05, 0) is 24.3 Å². The van der Waals surface area contributed by atoms with Gasteiger partial charge in [-0.3, -0.25) is 0 Å². The van der Waals surface area contributed by atoms with Gasteiger partial charge in [0, 0.05) is 48.0 Å². The topological polar surface area (TPSA) is 272 Å². The molecule has 2 aromatic carbocycles. The molecule has 18 nitrogen and oxygen atoms in total. The van der Waals surface area contributed by atoms with Crippen LogP contribution in [0.1, 0.15) is 0 Å². The van der Waals surface area contributed by atoms with Gasteiger partial charge in [-0.25, -0.2) is 29.9 Å². The summed E-state index contributed by atoms with van der Waals surface area (Å²) in [5.74, 6) is 3.15. The number of nitrogens with two attached hydrogens (primary N) is 2. The molecule has 4 aromatic heterocycles. The molecule has 6 aromatic rings. The van der Waals surface area contributed by atoms with Crippen molar-refractivity contribution in [1.29, 1.82) is 0 Å². The van der Waals surface area contributed by atoms with Crippen molar-refractivity contribution in [3.05, 3.63) is 117 Å². The van der Waals surface area contributed by atoms with Gasteiger partial charge in [0.1, 0.15) is 11.6 Å². The van der Waals surface area contributed by atoms with Gasteiger partial charge in [0.25, 0.3) is 0 Å². The van der Waals surface area contributed by atoms with Crippen molar-refractivity contribution in [3.63, 3.8) is 0 Å². The van der Waals surface area contributed by atoms with E-state index in [9.17, 15) is 0 Å². The first-order valence-corrected chi connectivity index (χ1v) is 12.0. The van der Waals surface area contributed by atoms with E-state index in [4.69, 9.17) is 42.1 Å². The van der Waals surface area contributed by atoms with Crippen LogP contribution < -0.4 is 11.5 Å². The van der Waals surface area contributed by atoms with Gasteiger partial charge in [-0.1, -0.05) is 37.4 Å². The molecule has 19 heteroatoms. The van der Waals surface area contributed by atoms with Crippen LogP contribution in [-0.2, 0) is 17.1 Å². The molecule has 0 saturated heterocycles. The van der Waals surface area contributed by atoms with Crippen molar-refractivity contribution in [2.24, 2.45) is 0 Å². The molecular formula is C26H22CuN12O6. The number of imidazole rings is 2. The Balaban J connectivity index is 0.000000250. The van der Waals surface area contributed by atoms with Crippen LogP contribution in [0.2, 0.25) is 0 Å². The van der Waals surface area contributed by atoms with Crippen molar-refractivity contribution in [3.8, 4) is 23.3 Å². The van der Waals surface area contributed by atoms with Crippen LogP contribution in [0.5, 0.6) is 0 Å². The maximum Gasteiger partial charge on any atom is 2.00 e. The quantitative estimate of drug-likeness (QED) is 0.154. The van der Waals surface area contributed by atoms with Crippen LogP contribution in [-0.4, -0.2) is 49.2 Å². The predicted octanol–water partition coefficient (Wildman–Crippen LogP) is 3.87. The first kappa shape index (κ1) is 34.7. The van der Waals surface area contributed by atoms with Gasteiger partial charge in [0.15, 0.2) is 23.3 Å². The van der Waals surface area contributed by atoms with Crippen LogP contribution in [0.25, 0.3) is 57.5 Å². The van der Waals surface area contributed by atoms with E-state index in [0.29, 0.717) is 34.9 Å². The molecule has 0 aliphatic heterocycles. The van der Waals surface area contributed by atoms with Crippen LogP contribution in [0.3, 0.4) is 0 Å². The number of hydrogen-bond acceptors (Lipinski definition) is 14. The number of aromatic nitrogens is 8. The Morgan fingerprint density at radius 1 is 0.644 bits per heavy atom. The minimum absolute atomic E-state index is 0. The Morgan fingerprint density at radius 3 is 1.31 bits per heavy atom. The molecule has 0 amide bonds. The first-order chi connectivity index (χ1) is 21.0. The average molecular weight is 662 g/mol. The maximum absolute atomic E-state index is 8.25. The fourth-order valence-electron chi connectivity index (χ4n) is 3.67. The summed E-state index contributed by atoms with van der Waals surface area (Å²) in [6.45, 7) is 7.42. The second-order valence-electron chi connectivity index (χ2n) is 8.03. The van der Waals surface area contributed by atoms with E-state index in [1.165, 1.54) is 0 Å². The number of nitrogen functional groups attached to an aromatic ring is 2. The second-order valence-corrected chi connectivity index (χ2v) is 8.03. The third kappa shape index (κ3) is 9.26. The molecule has 0 aliphatic carbocycles. The number of anilines is 2. The van der Waals surface area contributed by atoms with Crippen molar-refractivity contribution in [1.82, 2.24) is 39.0 Å². The SMILES string of the molecule is C=Cn1ccnc1-c1nc(N)c2ccccc2n1.C=Cn1ccnc1-c1nc(N)c2ccccc2n1.O=[N+]([O-])[O-].O=[N+]([O-])[O-].[Cu+2]. The molecule has 1 radical (unpaired) electrons. The number of rotatable bonds is 4. The molecule has 45 heavy (non-hydrogen) atoms. The summed E-state index contributed by atoms with van der Waals surface area (Å²) in [6, 6.07) is 15.2. The van der Waals surface area contributed by atoms with Gasteiger partial charge in [0.2, 0.25) is 0 Å². The van der Waals surface area contributed by atoms with Crippen molar-refractivity contribution < 1.29 is 27.2 Å². The van der Waals surface area contributed by atoms with E-state index >= 15 is 0 Å². The number of nitrogens with zero attached hydrogens (tertiary/aromatic N) is 10. The molecule has 0 bridgehead atoms. The molecule has 0 saturated carbocycles. The molecule has 4 heterocycles. The fourth-order valence-corrected chi connectivity index (χ4v) is 3.67. The monoisotopic (exact) mass is 661 g/mol. The summed E-state index contributed by atoms with van der Waals surface area (Å²) in [6.07, 6.45) is 10.2. The van der Waals surface area contributed by atoms with Gasteiger partial charge < -0.3 is 51.2 Å². The summed E-state index contributed by atoms with van der Waals surface area (Å²) in [7, 11) is 0. The van der Waals surface area contributed by atoms with Crippen LogP contribution in [0.4, 0.5) is 11.6 Å². The Kier molecular flexibility index (Phi) is 12.5. The number of para-hydroxylation sites is 2. The molecule has 0 unspecified atom stereocenters. The summed E-state index contributed by atoms with van der Waals surface area (Å²) in [5, 5.41) is 31.2. The van der Waals surface area contributed by atoms with Gasteiger partial charge in [0.05, 0.1) is 21.2 Å². The van der Waals surface area contributed by atoms with E-state index in [1.54, 1.807) is 46.3 Å². The summed E-state index contributed by atoms with van der Waals surface area (Å²) in [4.78, 5) is 42.4. The summed E-state index contributed by atoms with van der Waals surface area (Å²) >= 11 is 0. The van der Waals surface area contributed by atoms with Crippen LogP contribution in [0.15, 0.2) is 86.5 Å². The summed E-state index contributed by atoms with van der Waals surface area (Å²) < 4.78 is 3.51. The third-order valence-electron chi connectivity index (χ3n) is 5.40. The largest absolute Gasteiger partial charge is 2.00 e. The zero-order valence-corrected chi connectivity index (χ0v) is 23.8. The van der Waals surface area contributed by atoms with Gasteiger partial charge in [-0.2, -0.15) is 0 Å². The second kappa shape index (κ2) is 16.2. The molecule has 0 spiro atoms. The Morgan fingerprint density at radius 2 is 0.978 bits per heavy atom. The molecular weight excluding hydrogens is 640 g/mol. The summed E-state index contributed by atoms with van der Waals surface area (Å²) in [5.41, 5.74) is 13.5. The van der Waals surface area contributed by atoms with Gasteiger partial charge >= 0.3 is 17.1 Å². The standard InChI is InChI=1S/2C13H11N5.Cu.2NO3/c2*1-2-18-8-7-15-13(18)12-16-10-6-4-3-5-9(10)11(14)17-12;;2*2-1(3)4/h2*2-8H,1H2,(H2,14,16,17);;;/q;;+2;2*-1.